The van der Waals surface area contributed by atoms with Gasteiger partial charge in [0.25, 0.3) is 0 Å². The molecule has 0 aliphatic carbocycles. The van der Waals surface area contributed by atoms with Crippen LogP contribution in [-0.2, 0) is 4.79 Å². The molecule has 1 saturated heterocycles. The normalized spacial score (nSPS) is 21.4. The fraction of sp³-hybridized carbons (Fsp3) is 0.562. The zero-order valence-electron chi connectivity index (χ0n) is 12.4. The van der Waals surface area contributed by atoms with Crippen LogP contribution in [-0.4, -0.2) is 36.2 Å². The third-order valence-electron chi connectivity index (χ3n) is 4.19. The number of hydrogen-bond acceptors (Lipinski definition) is 3. The molecule has 0 saturated carbocycles. The van der Waals surface area contributed by atoms with Gasteiger partial charge in [0.05, 0.1) is 13.0 Å². The van der Waals surface area contributed by atoms with Crippen LogP contribution in [0, 0.1) is 12.8 Å². The van der Waals surface area contributed by atoms with E-state index in [0.29, 0.717) is 6.54 Å². The summed E-state index contributed by atoms with van der Waals surface area (Å²) in [6.45, 7) is 5.75. The van der Waals surface area contributed by atoms with Crippen molar-refractivity contribution in [3.05, 3.63) is 29.3 Å². The van der Waals surface area contributed by atoms with Crippen molar-refractivity contribution in [3.63, 3.8) is 0 Å². The van der Waals surface area contributed by atoms with Gasteiger partial charge in [-0.1, -0.05) is 17.7 Å². The van der Waals surface area contributed by atoms with Crippen LogP contribution in [0.3, 0.4) is 0 Å². The van der Waals surface area contributed by atoms with Crippen molar-refractivity contribution in [1.82, 2.24) is 4.90 Å². The summed E-state index contributed by atoms with van der Waals surface area (Å²) >= 11 is 0. The third-order valence-corrected chi connectivity index (χ3v) is 4.19. The fourth-order valence-electron chi connectivity index (χ4n) is 2.94. The van der Waals surface area contributed by atoms with Crippen molar-refractivity contribution in [2.75, 3.05) is 20.2 Å². The zero-order chi connectivity index (χ0) is 14.7. The second-order valence-electron chi connectivity index (χ2n) is 5.59. The maximum absolute atomic E-state index is 11.2. The molecule has 1 fully saturated rings. The number of ether oxygens (including phenoxy) is 1. The van der Waals surface area contributed by atoms with E-state index < -0.39 is 5.97 Å². The molecule has 0 radical (unpaired) electrons. The van der Waals surface area contributed by atoms with E-state index >= 15 is 0 Å². The molecular weight excluding hydrogens is 254 g/mol. The second-order valence-corrected chi connectivity index (χ2v) is 5.59. The predicted molar refractivity (Wildman–Crippen MR) is 78.1 cm³/mol. The summed E-state index contributed by atoms with van der Waals surface area (Å²) in [5, 5.41) is 9.20. The Morgan fingerprint density at radius 2 is 2.25 bits per heavy atom. The Labute approximate surface area is 120 Å². The lowest BCUT2D eigenvalue weighted by Crippen LogP contribution is -2.40. The van der Waals surface area contributed by atoms with Crippen LogP contribution in [0.4, 0.5) is 0 Å². The standard InChI is InChI=1S/C16H23NO3/c1-11-6-7-15(20-3)14(9-11)12(2)17-8-4-5-13(10-17)16(18)19/h6-7,9,12-13H,4-5,8,10H2,1-3H3,(H,18,19). The van der Waals surface area contributed by atoms with Gasteiger partial charge in [-0.05, 0) is 39.3 Å². The number of benzene rings is 1. The van der Waals surface area contributed by atoms with E-state index in [2.05, 4.69) is 24.8 Å². The van der Waals surface area contributed by atoms with E-state index in [-0.39, 0.29) is 12.0 Å². The number of aryl methyl sites for hydroxylation is 1. The number of methoxy groups -OCH3 is 1. The molecule has 110 valence electrons. The molecule has 1 N–H and O–H groups in total. The zero-order valence-corrected chi connectivity index (χ0v) is 12.4. The molecule has 1 aliphatic heterocycles. The third kappa shape index (κ3) is 3.12. The van der Waals surface area contributed by atoms with E-state index in [9.17, 15) is 9.90 Å². The average Bonchev–Trinajstić information content (AvgIpc) is 2.46. The van der Waals surface area contributed by atoms with Crippen molar-refractivity contribution in [3.8, 4) is 5.75 Å². The van der Waals surface area contributed by atoms with Crippen LogP contribution in [0.5, 0.6) is 5.75 Å². The summed E-state index contributed by atoms with van der Waals surface area (Å²) in [5.41, 5.74) is 2.33. The number of aliphatic carboxylic acids is 1. The minimum Gasteiger partial charge on any atom is -0.496 e. The highest BCUT2D eigenvalue weighted by molar-refractivity contribution is 5.70. The van der Waals surface area contributed by atoms with Crippen molar-refractivity contribution >= 4 is 5.97 Å². The molecule has 0 bridgehead atoms. The quantitative estimate of drug-likeness (QED) is 0.919. The highest BCUT2D eigenvalue weighted by atomic mass is 16.5. The van der Waals surface area contributed by atoms with Gasteiger partial charge in [-0.3, -0.25) is 9.69 Å². The minimum absolute atomic E-state index is 0.173. The summed E-state index contributed by atoms with van der Waals surface area (Å²) in [6, 6.07) is 6.32. The predicted octanol–water partition coefficient (Wildman–Crippen LogP) is 2.86. The van der Waals surface area contributed by atoms with Crippen LogP contribution >= 0.6 is 0 Å². The first-order valence-corrected chi connectivity index (χ1v) is 7.14. The summed E-state index contributed by atoms with van der Waals surface area (Å²) in [5.74, 6) is -0.0549. The highest BCUT2D eigenvalue weighted by Crippen LogP contribution is 2.32. The number of carbonyl (C=O) groups is 1. The van der Waals surface area contributed by atoms with Crippen molar-refractivity contribution in [2.24, 2.45) is 5.92 Å². The Hall–Kier alpha value is -1.55. The monoisotopic (exact) mass is 277 g/mol. The van der Waals surface area contributed by atoms with E-state index in [4.69, 9.17) is 4.74 Å². The van der Waals surface area contributed by atoms with E-state index in [1.165, 1.54) is 5.56 Å². The van der Waals surface area contributed by atoms with Gasteiger partial charge >= 0.3 is 5.97 Å². The van der Waals surface area contributed by atoms with Crippen LogP contribution in [0.15, 0.2) is 18.2 Å². The van der Waals surface area contributed by atoms with Gasteiger partial charge in [0, 0.05) is 18.2 Å². The number of likely N-dealkylation sites (tertiary alicyclic amines) is 1. The number of hydrogen-bond donors (Lipinski definition) is 1. The number of nitrogens with zero attached hydrogens (tertiary/aromatic N) is 1. The molecule has 0 spiro atoms. The minimum atomic E-state index is -0.682. The van der Waals surface area contributed by atoms with E-state index in [1.807, 2.05) is 12.1 Å². The molecule has 1 aliphatic rings. The Morgan fingerprint density at radius 1 is 1.50 bits per heavy atom. The highest BCUT2D eigenvalue weighted by Gasteiger charge is 2.29. The topological polar surface area (TPSA) is 49.8 Å². The first kappa shape index (κ1) is 14.9. The first-order valence-electron chi connectivity index (χ1n) is 7.14. The molecule has 2 rings (SSSR count). The lowest BCUT2D eigenvalue weighted by Gasteiger charge is -2.36. The van der Waals surface area contributed by atoms with Crippen LogP contribution in [0.1, 0.15) is 36.9 Å². The largest absolute Gasteiger partial charge is 0.496 e. The summed E-state index contributed by atoms with van der Waals surface area (Å²) in [4.78, 5) is 13.4. The molecule has 4 nitrogen and oxygen atoms in total. The fourth-order valence-corrected chi connectivity index (χ4v) is 2.94. The molecule has 4 heteroatoms. The Morgan fingerprint density at radius 3 is 2.90 bits per heavy atom. The van der Waals surface area contributed by atoms with E-state index in [1.54, 1.807) is 7.11 Å². The molecule has 0 amide bonds. The van der Waals surface area contributed by atoms with Crippen LogP contribution in [0.25, 0.3) is 0 Å². The van der Waals surface area contributed by atoms with Gasteiger partial charge in [-0.15, -0.1) is 0 Å². The number of carboxylic acid groups (broad SMARTS) is 1. The number of piperidine rings is 1. The molecule has 2 unspecified atom stereocenters. The van der Waals surface area contributed by atoms with Gasteiger partial charge in [0.1, 0.15) is 5.75 Å². The van der Waals surface area contributed by atoms with Gasteiger partial charge in [0.15, 0.2) is 0 Å². The van der Waals surface area contributed by atoms with Gasteiger partial charge in [0.2, 0.25) is 0 Å². The summed E-state index contributed by atoms with van der Waals surface area (Å²) < 4.78 is 5.44. The van der Waals surface area contributed by atoms with Crippen molar-refractivity contribution in [1.29, 1.82) is 0 Å². The SMILES string of the molecule is COc1ccc(C)cc1C(C)N1CCCC(C(=O)O)C1. The first-order chi connectivity index (χ1) is 9.52. The molecule has 1 heterocycles. The maximum Gasteiger partial charge on any atom is 0.307 e. The van der Waals surface area contributed by atoms with Gasteiger partial charge in [-0.2, -0.15) is 0 Å². The molecule has 1 aromatic rings. The molecule has 0 aromatic heterocycles. The number of carboxylic acids is 1. The maximum atomic E-state index is 11.2. The van der Waals surface area contributed by atoms with E-state index in [0.717, 1.165) is 30.7 Å². The summed E-state index contributed by atoms with van der Waals surface area (Å²) in [6.07, 6.45) is 1.72. The summed E-state index contributed by atoms with van der Waals surface area (Å²) in [7, 11) is 1.68. The Bertz CT molecular complexity index is 487. The lowest BCUT2D eigenvalue weighted by atomic mass is 9.94. The van der Waals surface area contributed by atoms with Crippen LogP contribution in [0.2, 0.25) is 0 Å². The Balaban J connectivity index is 2.20. The molecular formula is C16H23NO3. The average molecular weight is 277 g/mol. The smallest absolute Gasteiger partial charge is 0.307 e. The molecule has 20 heavy (non-hydrogen) atoms. The lowest BCUT2D eigenvalue weighted by molar-refractivity contribution is -0.143. The van der Waals surface area contributed by atoms with Crippen molar-refractivity contribution < 1.29 is 14.6 Å². The molecule has 2 atom stereocenters. The molecule has 1 aromatic carbocycles. The Kier molecular flexibility index (Phi) is 4.65. The number of rotatable bonds is 4. The van der Waals surface area contributed by atoms with Gasteiger partial charge < -0.3 is 9.84 Å². The van der Waals surface area contributed by atoms with Gasteiger partial charge in [-0.25, -0.2) is 0 Å². The second kappa shape index (κ2) is 6.27. The van der Waals surface area contributed by atoms with Crippen molar-refractivity contribution in [2.45, 2.75) is 32.7 Å². The van der Waals surface area contributed by atoms with Crippen LogP contribution < -0.4 is 4.74 Å².